The Hall–Kier alpha value is -2.95. The second kappa shape index (κ2) is 8.94. The summed E-state index contributed by atoms with van der Waals surface area (Å²) < 4.78 is 4.99. The van der Waals surface area contributed by atoms with Gasteiger partial charge in [-0.25, -0.2) is 9.59 Å². The van der Waals surface area contributed by atoms with Gasteiger partial charge in [0.2, 0.25) is 0 Å². The van der Waals surface area contributed by atoms with Crippen LogP contribution in [0.1, 0.15) is 52.1 Å². The quantitative estimate of drug-likeness (QED) is 0.602. The van der Waals surface area contributed by atoms with Crippen LogP contribution >= 0.6 is 0 Å². The Kier molecular flexibility index (Phi) is 6.67. The third-order valence-corrected chi connectivity index (χ3v) is 4.30. The van der Waals surface area contributed by atoms with E-state index in [2.05, 4.69) is 0 Å². The third-order valence-electron chi connectivity index (χ3n) is 4.30. The minimum absolute atomic E-state index is 0.169. The molecule has 2 aromatic rings. The molecule has 0 saturated carbocycles. The van der Waals surface area contributed by atoms with Crippen LogP contribution in [0.4, 0.5) is 0 Å². The Balaban J connectivity index is 2.17. The maximum absolute atomic E-state index is 12.4. The summed E-state index contributed by atoms with van der Waals surface area (Å²) in [7, 11) is 0. The summed E-state index contributed by atoms with van der Waals surface area (Å²) >= 11 is 0. The molecule has 2 rings (SSSR count). The summed E-state index contributed by atoms with van der Waals surface area (Å²) in [4.78, 5) is 35.9. The zero-order chi connectivity index (χ0) is 19.1. The van der Waals surface area contributed by atoms with E-state index in [9.17, 15) is 19.5 Å². The van der Waals surface area contributed by atoms with Crippen LogP contribution in [0.2, 0.25) is 0 Å². The van der Waals surface area contributed by atoms with Gasteiger partial charge in [0.15, 0.2) is 0 Å². The summed E-state index contributed by atoms with van der Waals surface area (Å²) in [6, 6.07) is 13.4. The topological polar surface area (TPSA) is 80.7 Å². The molecular weight excluding hydrogens is 332 g/mol. The van der Waals surface area contributed by atoms with Gasteiger partial charge in [-0.15, -0.1) is 0 Å². The van der Waals surface area contributed by atoms with Crippen molar-refractivity contribution in [3.8, 4) is 0 Å². The highest BCUT2D eigenvalue weighted by molar-refractivity contribution is 5.97. The second-order valence-corrected chi connectivity index (χ2v) is 6.03. The normalized spacial score (nSPS) is 11.6. The number of carbonyl (C=O) groups excluding carboxylic acids is 2. The zero-order valence-electron chi connectivity index (χ0n) is 14.9. The smallest absolute Gasteiger partial charge is 0.345 e. The van der Waals surface area contributed by atoms with Gasteiger partial charge in [-0.1, -0.05) is 44.2 Å². The van der Waals surface area contributed by atoms with Gasteiger partial charge in [0.25, 0.3) is 0 Å². The van der Waals surface area contributed by atoms with Gasteiger partial charge < -0.3 is 9.84 Å². The molecule has 0 spiro atoms. The van der Waals surface area contributed by atoms with E-state index in [1.54, 1.807) is 48.5 Å². The number of carbonyl (C=O) groups is 3. The molecule has 1 atom stereocenters. The number of ether oxygens (including phenoxy) is 1. The van der Waals surface area contributed by atoms with Crippen LogP contribution in [0.3, 0.4) is 0 Å². The standard InChI is InChI=1S/C21H22O5/c1-3-14-10-11-18(19(22)23)17(12-14)13-15(4-2)20(24)26-21(25)16-8-6-5-7-9-16/h5-12,15H,3-4,13H2,1-2H3,(H,22,23). The number of carboxylic acid groups (broad SMARTS) is 1. The molecule has 1 unspecified atom stereocenters. The van der Waals surface area contributed by atoms with Crippen LogP contribution in [0.25, 0.3) is 0 Å². The maximum Gasteiger partial charge on any atom is 0.345 e. The van der Waals surface area contributed by atoms with Crippen molar-refractivity contribution >= 4 is 17.9 Å². The van der Waals surface area contributed by atoms with E-state index < -0.39 is 23.8 Å². The SMILES string of the molecule is CCc1ccc(C(=O)O)c(CC(CC)C(=O)OC(=O)c2ccccc2)c1. The molecule has 2 aromatic carbocycles. The molecule has 26 heavy (non-hydrogen) atoms. The predicted octanol–water partition coefficient (Wildman–Crippen LogP) is 3.90. The van der Waals surface area contributed by atoms with Crippen molar-refractivity contribution in [3.05, 3.63) is 70.8 Å². The maximum atomic E-state index is 12.4. The van der Waals surface area contributed by atoms with E-state index in [1.807, 2.05) is 13.8 Å². The molecule has 0 aliphatic heterocycles. The fraction of sp³-hybridized carbons (Fsp3) is 0.286. The number of carboxylic acids is 1. The van der Waals surface area contributed by atoms with Gasteiger partial charge >= 0.3 is 17.9 Å². The molecule has 0 amide bonds. The largest absolute Gasteiger partial charge is 0.478 e. The second-order valence-electron chi connectivity index (χ2n) is 6.03. The fourth-order valence-corrected chi connectivity index (χ4v) is 2.71. The van der Waals surface area contributed by atoms with Gasteiger partial charge in [0.1, 0.15) is 0 Å². The van der Waals surface area contributed by atoms with E-state index >= 15 is 0 Å². The highest BCUT2D eigenvalue weighted by Gasteiger charge is 2.24. The molecule has 5 heteroatoms. The number of rotatable bonds is 7. The summed E-state index contributed by atoms with van der Waals surface area (Å²) in [6.45, 7) is 3.78. The van der Waals surface area contributed by atoms with Crippen LogP contribution in [0.15, 0.2) is 48.5 Å². The number of benzene rings is 2. The molecule has 1 N–H and O–H groups in total. The first-order valence-corrected chi connectivity index (χ1v) is 8.62. The molecule has 0 aliphatic carbocycles. The van der Waals surface area contributed by atoms with Gasteiger partial charge in [0, 0.05) is 0 Å². The fourth-order valence-electron chi connectivity index (χ4n) is 2.71. The number of aromatic carboxylic acids is 1. The Morgan fingerprint density at radius 3 is 2.31 bits per heavy atom. The van der Waals surface area contributed by atoms with Crippen LogP contribution in [0.5, 0.6) is 0 Å². The zero-order valence-corrected chi connectivity index (χ0v) is 14.9. The Labute approximate surface area is 152 Å². The summed E-state index contributed by atoms with van der Waals surface area (Å²) in [5.74, 6) is -2.96. The first-order chi connectivity index (χ1) is 12.5. The Bertz CT molecular complexity index is 795. The monoisotopic (exact) mass is 354 g/mol. The first kappa shape index (κ1) is 19.4. The van der Waals surface area contributed by atoms with Crippen molar-refractivity contribution in [2.24, 2.45) is 5.92 Å². The van der Waals surface area contributed by atoms with Gasteiger partial charge in [-0.3, -0.25) is 4.79 Å². The van der Waals surface area contributed by atoms with Crippen molar-refractivity contribution in [2.75, 3.05) is 0 Å². The molecule has 0 heterocycles. The number of hydrogen-bond donors (Lipinski definition) is 1. The number of aryl methyl sites for hydroxylation is 1. The van der Waals surface area contributed by atoms with Crippen molar-refractivity contribution in [2.45, 2.75) is 33.1 Å². The average Bonchev–Trinajstić information content (AvgIpc) is 2.66. The van der Waals surface area contributed by atoms with Crippen LogP contribution < -0.4 is 0 Å². The van der Waals surface area contributed by atoms with Crippen molar-refractivity contribution in [1.82, 2.24) is 0 Å². The van der Waals surface area contributed by atoms with E-state index in [0.29, 0.717) is 17.5 Å². The molecule has 0 bridgehead atoms. The molecule has 0 radical (unpaired) electrons. The highest BCUT2D eigenvalue weighted by atomic mass is 16.6. The Morgan fingerprint density at radius 1 is 1.04 bits per heavy atom. The van der Waals surface area contributed by atoms with Gasteiger partial charge in [-0.05, 0) is 48.6 Å². The Morgan fingerprint density at radius 2 is 1.73 bits per heavy atom. The van der Waals surface area contributed by atoms with E-state index in [0.717, 1.165) is 12.0 Å². The number of hydrogen-bond acceptors (Lipinski definition) is 4. The van der Waals surface area contributed by atoms with E-state index in [-0.39, 0.29) is 12.0 Å². The lowest BCUT2D eigenvalue weighted by Crippen LogP contribution is -2.23. The van der Waals surface area contributed by atoms with Crippen LogP contribution in [-0.2, 0) is 22.4 Å². The molecule has 0 fully saturated rings. The average molecular weight is 354 g/mol. The summed E-state index contributed by atoms with van der Waals surface area (Å²) in [5, 5.41) is 9.38. The summed E-state index contributed by atoms with van der Waals surface area (Å²) in [5.41, 5.74) is 2.04. The van der Waals surface area contributed by atoms with Gasteiger partial charge in [-0.2, -0.15) is 0 Å². The van der Waals surface area contributed by atoms with E-state index in [1.165, 1.54) is 0 Å². The lowest BCUT2D eigenvalue weighted by Gasteiger charge is -2.15. The number of esters is 2. The molecular formula is C21H22O5. The minimum atomic E-state index is -1.04. The van der Waals surface area contributed by atoms with Crippen LogP contribution in [0, 0.1) is 5.92 Å². The van der Waals surface area contributed by atoms with E-state index in [4.69, 9.17) is 4.74 Å². The molecule has 0 aromatic heterocycles. The molecule has 0 aliphatic rings. The predicted molar refractivity (Wildman–Crippen MR) is 97.1 cm³/mol. The summed E-state index contributed by atoms with van der Waals surface area (Å²) in [6.07, 6.45) is 1.42. The lowest BCUT2D eigenvalue weighted by atomic mass is 9.92. The molecule has 136 valence electrons. The molecule has 5 nitrogen and oxygen atoms in total. The highest BCUT2D eigenvalue weighted by Crippen LogP contribution is 2.20. The van der Waals surface area contributed by atoms with Crippen molar-refractivity contribution in [3.63, 3.8) is 0 Å². The lowest BCUT2D eigenvalue weighted by molar-refractivity contribution is -0.142. The molecule has 0 saturated heterocycles. The van der Waals surface area contributed by atoms with Crippen molar-refractivity contribution in [1.29, 1.82) is 0 Å². The van der Waals surface area contributed by atoms with Gasteiger partial charge in [0.05, 0.1) is 17.0 Å². The van der Waals surface area contributed by atoms with Crippen molar-refractivity contribution < 1.29 is 24.2 Å². The minimum Gasteiger partial charge on any atom is -0.478 e. The first-order valence-electron chi connectivity index (χ1n) is 8.62. The third kappa shape index (κ3) is 4.79. The van der Waals surface area contributed by atoms with Crippen LogP contribution in [-0.4, -0.2) is 23.0 Å².